The van der Waals surface area contributed by atoms with Crippen molar-refractivity contribution in [3.05, 3.63) is 82.0 Å². The van der Waals surface area contributed by atoms with Gasteiger partial charge in [-0.2, -0.15) is 0 Å². The van der Waals surface area contributed by atoms with E-state index in [-0.39, 0.29) is 17.3 Å². The van der Waals surface area contributed by atoms with Crippen molar-refractivity contribution in [1.29, 1.82) is 0 Å². The summed E-state index contributed by atoms with van der Waals surface area (Å²) in [7, 11) is 0. The molecule has 0 N–H and O–H groups in total. The van der Waals surface area contributed by atoms with Crippen LogP contribution in [0.15, 0.2) is 59.7 Å². The number of ether oxygens (including phenoxy) is 2. The molecule has 2 atom stereocenters. The van der Waals surface area contributed by atoms with E-state index in [1.54, 1.807) is 0 Å². The van der Waals surface area contributed by atoms with E-state index in [0.717, 1.165) is 25.7 Å². The zero-order valence-electron chi connectivity index (χ0n) is 21.7. The molecule has 2 aliphatic carbocycles. The first-order valence-electron chi connectivity index (χ1n) is 12.8. The van der Waals surface area contributed by atoms with Crippen molar-refractivity contribution < 1.29 is 19.1 Å². The number of benzene rings is 2. The lowest BCUT2D eigenvalue weighted by molar-refractivity contribution is -0.133. The average molecular weight is 473 g/mol. The molecule has 0 radical (unpaired) electrons. The van der Waals surface area contributed by atoms with Crippen LogP contribution in [-0.4, -0.2) is 11.9 Å². The van der Waals surface area contributed by atoms with Crippen molar-refractivity contribution in [2.75, 3.05) is 0 Å². The second kappa shape index (κ2) is 9.85. The fourth-order valence-corrected chi connectivity index (χ4v) is 5.66. The van der Waals surface area contributed by atoms with Crippen molar-refractivity contribution in [3.8, 4) is 11.5 Å². The highest BCUT2D eigenvalue weighted by Gasteiger charge is 2.55. The van der Waals surface area contributed by atoms with Crippen molar-refractivity contribution in [2.24, 2.45) is 17.3 Å². The van der Waals surface area contributed by atoms with E-state index >= 15 is 0 Å². The second-order valence-corrected chi connectivity index (χ2v) is 10.0. The quantitative estimate of drug-likeness (QED) is 0.247. The third-order valence-corrected chi connectivity index (χ3v) is 7.75. The maximum Gasteiger partial charge on any atom is 0.340 e. The Morgan fingerprint density at radius 2 is 1.03 bits per heavy atom. The van der Waals surface area contributed by atoms with Gasteiger partial charge in [0.1, 0.15) is 11.5 Å². The Balaban J connectivity index is 1.65. The van der Waals surface area contributed by atoms with Crippen molar-refractivity contribution in [1.82, 2.24) is 0 Å². The molecule has 2 aromatic rings. The van der Waals surface area contributed by atoms with Crippen LogP contribution in [0.2, 0.25) is 0 Å². The first kappa shape index (κ1) is 25.0. The van der Waals surface area contributed by atoms with E-state index in [9.17, 15) is 9.59 Å². The molecule has 0 fully saturated rings. The third kappa shape index (κ3) is 4.47. The largest absolute Gasteiger partial charge is 0.423 e. The van der Waals surface area contributed by atoms with Gasteiger partial charge in [-0.15, -0.1) is 0 Å². The van der Waals surface area contributed by atoms with Gasteiger partial charge in [-0.25, -0.2) is 9.59 Å². The minimum atomic E-state index is -0.469. The summed E-state index contributed by atoms with van der Waals surface area (Å²) < 4.78 is 11.7. The van der Waals surface area contributed by atoms with Gasteiger partial charge in [0.25, 0.3) is 0 Å². The highest BCUT2D eigenvalue weighted by atomic mass is 16.5. The highest BCUT2D eigenvalue weighted by Crippen LogP contribution is 2.57. The number of esters is 2. The Hall–Kier alpha value is -3.14. The fourth-order valence-electron chi connectivity index (χ4n) is 5.66. The Morgan fingerprint density at radius 1 is 0.657 bits per heavy atom. The van der Waals surface area contributed by atoms with Gasteiger partial charge in [-0.1, -0.05) is 65.8 Å². The van der Waals surface area contributed by atoms with Crippen LogP contribution < -0.4 is 9.47 Å². The molecule has 4 nitrogen and oxygen atoms in total. The Bertz CT molecular complexity index is 1120. The van der Waals surface area contributed by atoms with Crippen LogP contribution in [0.25, 0.3) is 0 Å². The fraction of sp³-hybridized carbons (Fsp3) is 0.419. The Kier molecular flexibility index (Phi) is 7.02. The molecule has 4 heteroatoms. The van der Waals surface area contributed by atoms with E-state index in [2.05, 4.69) is 41.5 Å². The summed E-state index contributed by atoms with van der Waals surface area (Å²) in [6, 6.07) is 11.6. The van der Waals surface area contributed by atoms with E-state index in [0.29, 0.717) is 22.6 Å². The third-order valence-electron chi connectivity index (χ3n) is 7.75. The molecule has 2 aromatic carbocycles. The maximum absolute atomic E-state index is 13.5. The lowest BCUT2D eigenvalue weighted by Crippen LogP contribution is -2.24. The van der Waals surface area contributed by atoms with Crippen LogP contribution in [0.3, 0.4) is 0 Å². The van der Waals surface area contributed by atoms with Crippen LogP contribution >= 0.6 is 0 Å². The zero-order chi connectivity index (χ0) is 25.3. The van der Waals surface area contributed by atoms with E-state index in [1.807, 2.05) is 48.6 Å². The molecule has 2 aliphatic rings. The predicted molar refractivity (Wildman–Crippen MR) is 139 cm³/mol. The minimum Gasteiger partial charge on any atom is -0.423 e. The number of hydrogen-bond donors (Lipinski definition) is 0. The summed E-state index contributed by atoms with van der Waals surface area (Å²) >= 11 is 0. The molecule has 0 saturated carbocycles. The van der Waals surface area contributed by atoms with Gasteiger partial charge in [-0.3, -0.25) is 0 Å². The topological polar surface area (TPSA) is 52.6 Å². The summed E-state index contributed by atoms with van der Waals surface area (Å²) in [4.78, 5) is 27.0. The first-order valence-corrected chi connectivity index (χ1v) is 12.8. The van der Waals surface area contributed by atoms with Crippen molar-refractivity contribution in [3.63, 3.8) is 0 Å². The lowest BCUT2D eigenvalue weighted by atomic mass is 9.77. The monoisotopic (exact) mass is 472 g/mol. The molecule has 0 aromatic heterocycles. The number of carbonyl (C=O) groups is 2. The summed E-state index contributed by atoms with van der Waals surface area (Å²) in [5.74, 6) is -0.283. The molecule has 0 aliphatic heterocycles. The summed E-state index contributed by atoms with van der Waals surface area (Å²) in [5.41, 5.74) is 5.39. The molecular weight excluding hydrogens is 436 g/mol. The van der Waals surface area contributed by atoms with Crippen LogP contribution in [-0.2, 0) is 35.3 Å². The van der Waals surface area contributed by atoms with Gasteiger partial charge in [0.2, 0.25) is 0 Å². The predicted octanol–water partition coefficient (Wildman–Crippen LogP) is 6.59. The number of allylic oxidation sites excluding steroid dienone is 2. The second-order valence-electron chi connectivity index (χ2n) is 10.0. The Morgan fingerprint density at radius 3 is 1.37 bits per heavy atom. The molecular formula is C31H36O4. The molecule has 2 unspecified atom stereocenters. The van der Waals surface area contributed by atoms with E-state index < -0.39 is 11.9 Å². The van der Waals surface area contributed by atoms with Crippen molar-refractivity contribution >= 4 is 11.9 Å². The highest BCUT2D eigenvalue weighted by molar-refractivity contribution is 6.05. The summed E-state index contributed by atoms with van der Waals surface area (Å²) in [5, 5.41) is 0. The van der Waals surface area contributed by atoms with E-state index in [4.69, 9.17) is 9.47 Å². The standard InChI is InChI=1S/C31H36O4/c1-7-19-11-13-23(17-21(19)9-3)34-29(32)27-25-15-16-26(31(25,5)6)28(27)30(33)35-24-14-12-20(8-2)22(10-4)18-24/h11-18,25-26H,7-10H2,1-6H3. The van der Waals surface area contributed by atoms with Gasteiger partial charge in [0.15, 0.2) is 0 Å². The molecule has 0 amide bonds. The number of hydrogen-bond acceptors (Lipinski definition) is 4. The van der Waals surface area contributed by atoms with Crippen molar-refractivity contribution in [2.45, 2.75) is 67.2 Å². The smallest absolute Gasteiger partial charge is 0.340 e. The normalized spacial score (nSPS) is 19.8. The van der Waals surface area contributed by atoms with Gasteiger partial charge >= 0.3 is 11.9 Å². The average Bonchev–Trinajstić information content (AvgIpc) is 3.28. The molecule has 0 saturated heterocycles. The summed E-state index contributed by atoms with van der Waals surface area (Å²) in [6.07, 6.45) is 7.65. The minimum absolute atomic E-state index is 0.184. The lowest BCUT2D eigenvalue weighted by Gasteiger charge is -2.26. The first-order chi connectivity index (χ1) is 16.7. The number of rotatable bonds is 8. The Labute approximate surface area is 209 Å². The summed E-state index contributed by atoms with van der Waals surface area (Å²) in [6.45, 7) is 12.6. The van der Waals surface area contributed by atoms with Crippen LogP contribution in [0.1, 0.15) is 63.8 Å². The SMILES string of the molecule is CCc1ccc(OC(=O)C2=C(C(=O)Oc3ccc(CC)c(CC)c3)C3C=CC2C3(C)C)cc1CC. The van der Waals surface area contributed by atoms with Gasteiger partial charge in [0, 0.05) is 11.8 Å². The molecule has 2 bridgehead atoms. The molecule has 0 heterocycles. The van der Waals surface area contributed by atoms with Gasteiger partial charge in [-0.05, 0) is 77.6 Å². The van der Waals surface area contributed by atoms with Gasteiger partial charge in [0.05, 0.1) is 11.1 Å². The number of fused-ring (bicyclic) bond motifs is 2. The van der Waals surface area contributed by atoms with Crippen LogP contribution in [0.5, 0.6) is 11.5 Å². The van der Waals surface area contributed by atoms with E-state index in [1.165, 1.54) is 22.3 Å². The zero-order valence-corrected chi connectivity index (χ0v) is 21.7. The van der Waals surface area contributed by atoms with Gasteiger partial charge < -0.3 is 9.47 Å². The maximum atomic E-state index is 13.5. The molecule has 35 heavy (non-hydrogen) atoms. The molecule has 4 rings (SSSR count). The number of aryl methyl sites for hydroxylation is 4. The molecule has 184 valence electrons. The van der Waals surface area contributed by atoms with Crippen LogP contribution in [0, 0.1) is 17.3 Å². The number of carbonyl (C=O) groups excluding carboxylic acids is 2. The van der Waals surface area contributed by atoms with Crippen LogP contribution in [0.4, 0.5) is 0 Å². The molecule has 0 spiro atoms.